The molecule has 0 aliphatic carbocycles. The molecule has 2 N–H and O–H groups in total. The molecule has 1 fully saturated rings. The number of nitrogens with two attached hydrogens (primary N) is 1. The van der Waals surface area contributed by atoms with E-state index in [9.17, 15) is 4.79 Å². The van der Waals surface area contributed by atoms with Crippen LogP contribution in [0.5, 0.6) is 0 Å². The Kier molecular flexibility index (Phi) is 5.93. The molecule has 35 heavy (non-hydrogen) atoms. The summed E-state index contributed by atoms with van der Waals surface area (Å²) in [5.74, 6) is 7.52. The summed E-state index contributed by atoms with van der Waals surface area (Å²) < 4.78 is 7.07. The fourth-order valence-corrected chi connectivity index (χ4v) is 4.36. The molecule has 1 aliphatic rings. The van der Waals surface area contributed by atoms with E-state index in [0.717, 1.165) is 52.1 Å². The van der Waals surface area contributed by atoms with Crippen molar-refractivity contribution in [1.29, 1.82) is 0 Å². The first kappa shape index (κ1) is 22.6. The van der Waals surface area contributed by atoms with Crippen molar-refractivity contribution < 1.29 is 4.74 Å². The minimum atomic E-state index is -0.0440. The van der Waals surface area contributed by atoms with Crippen LogP contribution < -0.4 is 16.2 Å². The molecule has 0 radical (unpaired) electrons. The molecule has 0 amide bonds. The molecular formula is C27H26N6O2. The maximum atomic E-state index is 11.9. The molecule has 176 valence electrons. The van der Waals surface area contributed by atoms with E-state index < -0.39 is 0 Å². The molecule has 1 aromatic carbocycles. The molecule has 4 aromatic rings. The average molecular weight is 467 g/mol. The first-order valence-corrected chi connectivity index (χ1v) is 11.5. The molecule has 3 aromatic heterocycles. The number of rotatable bonds is 2. The van der Waals surface area contributed by atoms with Gasteiger partial charge in [0.25, 0.3) is 5.56 Å². The van der Waals surface area contributed by atoms with E-state index in [1.807, 2.05) is 44.2 Å². The largest absolute Gasteiger partial charge is 0.384 e. The lowest BCUT2D eigenvalue weighted by Gasteiger charge is -2.27. The topological polar surface area (TPSA) is 99.2 Å². The van der Waals surface area contributed by atoms with Crippen molar-refractivity contribution in [3.8, 4) is 23.0 Å². The van der Waals surface area contributed by atoms with Gasteiger partial charge in [-0.05, 0) is 61.6 Å². The van der Waals surface area contributed by atoms with Gasteiger partial charge in [-0.3, -0.25) is 4.79 Å². The highest BCUT2D eigenvalue weighted by Gasteiger charge is 2.19. The van der Waals surface area contributed by atoms with Gasteiger partial charge in [0.05, 0.1) is 30.1 Å². The van der Waals surface area contributed by atoms with E-state index in [2.05, 4.69) is 21.7 Å². The second kappa shape index (κ2) is 9.20. The lowest BCUT2D eigenvalue weighted by molar-refractivity contribution is 0.122. The van der Waals surface area contributed by atoms with Crippen molar-refractivity contribution >= 4 is 22.7 Å². The number of hydrogen-bond acceptors (Lipinski definition) is 7. The second-order valence-electron chi connectivity index (χ2n) is 8.56. The van der Waals surface area contributed by atoms with Crippen LogP contribution in [-0.2, 0) is 11.8 Å². The van der Waals surface area contributed by atoms with Gasteiger partial charge in [-0.15, -0.1) is 0 Å². The Morgan fingerprint density at radius 3 is 2.43 bits per heavy atom. The summed E-state index contributed by atoms with van der Waals surface area (Å²) in [6.07, 6.45) is 0. The molecule has 1 saturated heterocycles. The molecule has 0 unspecified atom stereocenters. The number of fused-ring (bicyclic) bond motifs is 1. The van der Waals surface area contributed by atoms with Crippen molar-refractivity contribution in [2.45, 2.75) is 13.8 Å². The quantitative estimate of drug-likeness (QED) is 0.454. The zero-order valence-electron chi connectivity index (χ0n) is 20.0. The van der Waals surface area contributed by atoms with Crippen LogP contribution in [0.15, 0.2) is 47.3 Å². The highest BCUT2D eigenvalue weighted by molar-refractivity contribution is 5.81. The van der Waals surface area contributed by atoms with Gasteiger partial charge in [0.15, 0.2) is 0 Å². The van der Waals surface area contributed by atoms with Crippen LogP contribution in [0.4, 0.5) is 11.8 Å². The molecule has 4 heterocycles. The van der Waals surface area contributed by atoms with Gasteiger partial charge in [0.1, 0.15) is 11.5 Å². The van der Waals surface area contributed by atoms with Crippen LogP contribution in [-0.4, -0.2) is 45.8 Å². The Morgan fingerprint density at radius 1 is 0.943 bits per heavy atom. The van der Waals surface area contributed by atoms with Gasteiger partial charge in [0, 0.05) is 42.9 Å². The lowest BCUT2D eigenvalue weighted by atomic mass is 10.0. The number of pyridine rings is 2. The molecule has 8 heteroatoms. The van der Waals surface area contributed by atoms with E-state index in [1.54, 1.807) is 23.7 Å². The van der Waals surface area contributed by atoms with Crippen LogP contribution in [0.3, 0.4) is 0 Å². The zero-order chi connectivity index (χ0) is 24.5. The number of nitrogen functional groups attached to an aromatic ring is 1. The molecule has 8 nitrogen and oxygen atoms in total. The predicted molar refractivity (Wildman–Crippen MR) is 137 cm³/mol. The van der Waals surface area contributed by atoms with Gasteiger partial charge in [-0.1, -0.05) is 5.92 Å². The Morgan fingerprint density at radius 2 is 1.69 bits per heavy atom. The summed E-state index contributed by atoms with van der Waals surface area (Å²) in [6, 6.07) is 12.8. The Labute approximate surface area is 203 Å². The second-order valence-corrected chi connectivity index (χ2v) is 8.56. The summed E-state index contributed by atoms with van der Waals surface area (Å²) >= 11 is 0. The summed E-state index contributed by atoms with van der Waals surface area (Å²) in [7, 11) is 1.76. The fraction of sp³-hybridized carbons (Fsp3) is 0.259. The number of ether oxygens (including phenoxy) is 1. The lowest BCUT2D eigenvalue weighted by Crippen LogP contribution is -2.37. The molecule has 0 bridgehead atoms. The van der Waals surface area contributed by atoms with Crippen molar-refractivity contribution in [3.05, 3.63) is 75.5 Å². The number of anilines is 2. The fourth-order valence-electron chi connectivity index (χ4n) is 4.36. The third-order valence-corrected chi connectivity index (χ3v) is 6.19. The van der Waals surface area contributed by atoms with E-state index in [-0.39, 0.29) is 5.56 Å². The van der Waals surface area contributed by atoms with Crippen molar-refractivity contribution in [1.82, 2.24) is 19.5 Å². The summed E-state index contributed by atoms with van der Waals surface area (Å²) in [5.41, 5.74) is 11.7. The highest BCUT2D eigenvalue weighted by atomic mass is 16.5. The zero-order valence-corrected chi connectivity index (χ0v) is 20.0. The number of benzene rings is 1. The van der Waals surface area contributed by atoms with Gasteiger partial charge >= 0.3 is 0 Å². The molecule has 5 rings (SSSR count). The van der Waals surface area contributed by atoms with Gasteiger partial charge in [0.2, 0.25) is 5.95 Å². The van der Waals surface area contributed by atoms with Crippen LogP contribution in [0.1, 0.15) is 22.6 Å². The van der Waals surface area contributed by atoms with Gasteiger partial charge < -0.3 is 19.9 Å². The van der Waals surface area contributed by atoms with E-state index in [1.165, 1.54) is 0 Å². The van der Waals surface area contributed by atoms with E-state index >= 15 is 0 Å². The Bertz CT molecular complexity index is 1530. The number of morpholine rings is 1. The minimum Gasteiger partial charge on any atom is -0.384 e. The minimum absolute atomic E-state index is 0.0440. The van der Waals surface area contributed by atoms with Gasteiger partial charge in [-0.25, -0.2) is 15.0 Å². The summed E-state index contributed by atoms with van der Waals surface area (Å²) in [4.78, 5) is 28.1. The summed E-state index contributed by atoms with van der Waals surface area (Å²) in [6.45, 7) is 6.87. The number of hydrogen-bond donors (Lipinski definition) is 1. The first-order valence-electron chi connectivity index (χ1n) is 11.5. The molecule has 0 saturated carbocycles. The van der Waals surface area contributed by atoms with Crippen LogP contribution in [0.2, 0.25) is 0 Å². The maximum absolute atomic E-state index is 11.9. The Balaban J connectivity index is 1.55. The monoisotopic (exact) mass is 466 g/mol. The third-order valence-electron chi connectivity index (χ3n) is 6.19. The third kappa shape index (κ3) is 4.46. The SMILES string of the molecule is Cc1nc(N2CCOCC2)nc(C)c1-c1ccc(N)nc1C#Cc1ccc2c(ccc(=O)n2C)c1. The van der Waals surface area contributed by atoms with E-state index in [4.69, 9.17) is 20.4 Å². The van der Waals surface area contributed by atoms with E-state index in [0.29, 0.717) is 30.7 Å². The summed E-state index contributed by atoms with van der Waals surface area (Å²) in [5, 5.41) is 0.943. The van der Waals surface area contributed by atoms with Crippen LogP contribution >= 0.6 is 0 Å². The smallest absolute Gasteiger partial charge is 0.250 e. The Hall–Kier alpha value is -4.22. The van der Waals surface area contributed by atoms with Crippen molar-refractivity contribution in [3.63, 3.8) is 0 Å². The number of aromatic nitrogens is 4. The number of nitrogens with zero attached hydrogens (tertiary/aromatic N) is 5. The number of aryl methyl sites for hydroxylation is 3. The van der Waals surface area contributed by atoms with Crippen molar-refractivity contribution in [2.75, 3.05) is 36.9 Å². The predicted octanol–water partition coefficient (Wildman–Crippen LogP) is 2.83. The van der Waals surface area contributed by atoms with Crippen molar-refractivity contribution in [2.24, 2.45) is 7.05 Å². The molecule has 1 aliphatic heterocycles. The molecule has 0 atom stereocenters. The van der Waals surface area contributed by atoms with Gasteiger partial charge in [-0.2, -0.15) is 0 Å². The molecule has 0 spiro atoms. The average Bonchev–Trinajstić information content (AvgIpc) is 2.86. The van der Waals surface area contributed by atoms with Crippen LogP contribution in [0.25, 0.3) is 22.0 Å². The molecular weight excluding hydrogens is 440 g/mol. The first-order chi connectivity index (χ1) is 16.9. The maximum Gasteiger partial charge on any atom is 0.250 e. The normalized spacial score (nSPS) is 13.5. The standard InChI is InChI=1S/C27H26N6O2/c1-17-26(18(2)30-27(29-17)33-12-14-35-15-13-33)21-7-10-24(28)31-22(21)8-4-19-5-9-23-20(16-19)6-11-25(34)32(23)3/h5-7,9-11,16H,12-15H2,1-3H3,(H2,28,31). The highest BCUT2D eigenvalue weighted by Crippen LogP contribution is 2.30. The van der Waals surface area contributed by atoms with Crippen LogP contribution in [0, 0.1) is 25.7 Å².